The highest BCUT2D eigenvalue weighted by Gasteiger charge is 2.64. The highest BCUT2D eigenvalue weighted by atomic mass is 32.3. The molecule has 63 nitrogen and oxygen atoms in total. The maximum absolute atomic E-state index is 13.0. The van der Waals surface area contributed by atoms with Gasteiger partial charge >= 0.3 is 0 Å². The lowest BCUT2D eigenvalue weighted by atomic mass is 9.44. The molecule has 8 aliphatic rings. The van der Waals surface area contributed by atoms with E-state index in [2.05, 4.69) is 99.3 Å². The Balaban J connectivity index is 1.11. The zero-order chi connectivity index (χ0) is 97.8. The number of ether oxygens (including phenoxy) is 8. The van der Waals surface area contributed by atoms with Gasteiger partial charge in [0.2, 0.25) is 135 Å². The zero-order valence-corrected chi connectivity index (χ0v) is 77.0. The van der Waals surface area contributed by atoms with Crippen LogP contribution in [0.1, 0.15) is 124 Å². The van der Waals surface area contributed by atoms with Crippen molar-refractivity contribution in [3.63, 3.8) is 0 Å². The summed E-state index contributed by atoms with van der Waals surface area (Å²) in [6, 6.07) is 0. The second-order valence-electron chi connectivity index (χ2n) is 31.6. The summed E-state index contributed by atoms with van der Waals surface area (Å²) in [7, 11) is -88.2. The van der Waals surface area contributed by atoms with Crippen LogP contribution >= 0.6 is 0 Å². The molecule has 5 heterocycles. The van der Waals surface area contributed by atoms with Crippen LogP contribution in [0.2, 0.25) is 0 Å². The smallest absolute Gasteiger partial charge is 0.218 e. The number of fused-ring (bicyclic) bond motifs is 5. The predicted molar refractivity (Wildman–Crippen MR) is 380 cm³/mol. The van der Waals surface area contributed by atoms with Gasteiger partial charge in [0.25, 0.3) is 0 Å². The Bertz CT molecular complexity index is 5720. The maximum Gasteiger partial charge on any atom is 0.218 e. The normalized spacial score (nSPS) is 36.0. The number of hydrogen-bond donors (Lipinski definition) is 0. The lowest BCUT2D eigenvalue weighted by Gasteiger charge is -2.61. The van der Waals surface area contributed by atoms with Gasteiger partial charge in [-0.25, -0.2) is 114 Å². The van der Waals surface area contributed by atoms with Crippen LogP contribution in [0.15, 0.2) is 6.20 Å². The predicted octanol–water partition coefficient (Wildman–Crippen LogP) is -7.97. The van der Waals surface area contributed by atoms with E-state index in [0.29, 0.717) is 54.8 Å². The van der Waals surface area contributed by atoms with Crippen LogP contribution in [0.25, 0.3) is 0 Å². The lowest BCUT2D eigenvalue weighted by molar-refractivity contribution is -0.376. The van der Waals surface area contributed by atoms with E-state index in [-0.39, 0.29) is 27.1 Å². The minimum Gasteiger partial charge on any atom is -0.726 e. The molecule has 760 valence electrons. The highest BCUT2D eigenvalue weighted by Crippen LogP contribution is 2.69. The van der Waals surface area contributed by atoms with Crippen molar-refractivity contribution in [2.45, 2.75) is 247 Å². The second kappa shape index (κ2) is 41.5. The molecule has 4 saturated heterocycles. The van der Waals surface area contributed by atoms with E-state index in [0.717, 1.165) is 64.0 Å². The molecule has 1 aromatic rings. The zero-order valence-electron chi connectivity index (χ0n) is 66.4. The van der Waals surface area contributed by atoms with Crippen molar-refractivity contribution in [2.24, 2.45) is 52.3 Å². The van der Waals surface area contributed by atoms with Gasteiger partial charge in [-0.2, -0.15) is 0 Å². The van der Waals surface area contributed by atoms with Gasteiger partial charge in [-0.1, -0.05) is 59.1 Å². The van der Waals surface area contributed by atoms with Crippen molar-refractivity contribution in [1.82, 2.24) is 15.0 Å². The summed E-state index contributed by atoms with van der Waals surface area (Å²) in [5.41, 5.74) is -0.245. The molecular weight excluding hydrogens is 2070 g/mol. The Hall–Kier alpha value is -2.87. The quantitative estimate of drug-likeness (QED) is 0.0432. The first-order chi connectivity index (χ1) is 58.9. The Morgan fingerprint density at radius 2 is 0.708 bits per heavy atom. The molecule has 0 aromatic carbocycles. The third-order valence-corrected chi connectivity index (χ3v) is 28.7. The first-order valence-corrected chi connectivity index (χ1v) is 54.5. The summed E-state index contributed by atoms with van der Waals surface area (Å²) >= 11 is 0. The number of hydrogen-bond acceptors (Lipinski definition) is 62. The largest absolute Gasteiger partial charge is 0.726 e. The number of aromatic nitrogens is 3. The molecule has 8 fully saturated rings. The van der Waals surface area contributed by atoms with Gasteiger partial charge in [-0.3, -0.25) is 54.4 Å². The van der Waals surface area contributed by atoms with Crippen molar-refractivity contribution >= 4 is 135 Å². The molecule has 0 radical (unpaired) electrons. The van der Waals surface area contributed by atoms with Gasteiger partial charge in [-0.05, 0) is 110 Å². The molecule has 76 heteroatoms. The van der Waals surface area contributed by atoms with Crippen LogP contribution in [0.3, 0.4) is 0 Å². The van der Waals surface area contributed by atoms with Gasteiger partial charge in [0.05, 0.1) is 45.3 Å². The van der Waals surface area contributed by atoms with Gasteiger partial charge in [0.1, 0.15) is 78.9 Å². The molecule has 9 rings (SSSR count). The maximum atomic E-state index is 13.0. The third-order valence-electron chi connectivity index (χ3n) is 22.9. The Morgan fingerprint density at radius 3 is 1.08 bits per heavy atom. The van der Waals surface area contributed by atoms with Crippen LogP contribution in [0.5, 0.6) is 0 Å². The molecule has 0 spiro atoms. The molecule has 4 aliphatic carbocycles. The highest BCUT2D eigenvalue weighted by molar-refractivity contribution is 7.83. The average Bonchev–Trinajstić information content (AvgIpc) is 1.52. The van der Waals surface area contributed by atoms with E-state index in [1.54, 1.807) is 0 Å². The Morgan fingerprint density at radius 1 is 0.377 bits per heavy atom. The fourth-order valence-corrected chi connectivity index (χ4v) is 24.0. The minimum absolute atomic E-state index is 0.115. The summed E-state index contributed by atoms with van der Waals surface area (Å²) in [5, 5.41) is 7.62. The molecule has 29 atom stereocenters. The van der Waals surface area contributed by atoms with Gasteiger partial charge in [0, 0.05) is 0 Å². The summed E-state index contributed by atoms with van der Waals surface area (Å²) in [6.07, 6.45) is -63.3. The molecular formula is C54H78N3O60S13-13. The first-order valence-electron chi connectivity index (χ1n) is 37.2. The molecule has 4 aliphatic heterocycles. The Kier molecular flexibility index (Phi) is 35.4. The fourth-order valence-electron chi connectivity index (χ4n) is 18.5. The number of rotatable bonds is 45. The third kappa shape index (κ3) is 32.3. The van der Waals surface area contributed by atoms with Gasteiger partial charge in [0.15, 0.2) is 49.5 Å². The van der Waals surface area contributed by atoms with E-state index in [4.69, 9.17) is 37.9 Å². The summed E-state index contributed by atoms with van der Waals surface area (Å²) in [6.45, 7) is 1.32. The van der Waals surface area contributed by atoms with Crippen LogP contribution < -0.4 is 0 Å². The standard InChI is InChI=1S/C54H91N3O60S13/c1-24(2)7-6-8-25(3)30-11-12-31-29-10-9-26-17-28(13-15-53(26,4)32(29)14-16-54(30,31)5)97-19-27-18-57(56-55-27)49-45(114-127(85,86)87)41(110-123(73,74)75)37(33(102-49)20-98-118(58,59)60)106-50-46(115-128(88,89)90)42(111-124(76,77)78)38(34(103-50)21-99-119(61,62)63)107-51-47(116-129(91,92)93)43(112-125(79,80)81)39(35(104-51)22-100-120(64,65)66)108-52-48(117-130(94,95)96)44(113-126(82,83)84)40(109-122(70,71)72)36(105-52)23-101-121(67,68)69/h18,24-26,28-52H,6-17,19-23H2,1-5H3,(H,58,59,60)(H,61,62,63)(H,64,65,66)(H,67,68,69)(H,70,71,72)(H,73,74,75)(H,76,77,78)(H,79,80,81)(H,82,83,84)(H,85,86,87)(H,88,89,90)(H,91,92,93)(H,94,95,96)/p-13/t25-,26+,28+,29+,30-,31+,32+,33-,34-,35-,36-,37-,38-,39-,40-,41+,42+,43+,44+,45-,46-,47-,48-,49-,50-,51-,52-,53+,54-/m1/s1. The second-order valence-corrected chi connectivity index (χ2v) is 44.9. The topological polar surface area (TPSA) is 968 Å². The van der Waals surface area contributed by atoms with Crippen molar-refractivity contribution in [1.29, 1.82) is 0 Å². The molecule has 4 saturated carbocycles. The van der Waals surface area contributed by atoms with Crippen molar-refractivity contribution < 1.29 is 261 Å². The monoisotopic (exact) mass is 2140 g/mol. The van der Waals surface area contributed by atoms with Gasteiger partial charge < -0.3 is 97.1 Å². The van der Waals surface area contributed by atoms with Crippen LogP contribution in [0, 0.1) is 52.3 Å². The van der Waals surface area contributed by atoms with Crippen LogP contribution in [-0.2, 0) is 234 Å². The van der Waals surface area contributed by atoms with Crippen LogP contribution in [0.4, 0.5) is 0 Å². The molecule has 0 unspecified atom stereocenters. The Labute approximate surface area is 743 Å². The summed E-state index contributed by atoms with van der Waals surface area (Å²) in [4.78, 5) is 0. The van der Waals surface area contributed by atoms with E-state index in [1.807, 2.05) is 0 Å². The average molecular weight is 2150 g/mol. The fraction of sp³-hybridized carbons (Fsp3) is 0.963. The SMILES string of the molecule is CC(C)CCC[C@@H](C)[C@H]1CC[C@H]2[C@@H]3CC[C@H]4C[C@@H](OCc5cn([C@@H]6O[C@H](COS(=O)(=O)[O-])[C@@H](O[C@H]7O[C@H](COS(=O)(=O)[O-])[C@@H](O[C@H]8O[C@H](COS(=O)(=O)[O-])[C@@H](O[C@H]9O[C@H](COS(=O)(=O)[O-])[C@@H](OS(=O)(=O)[O-])[C@H](OS(=O)(=O)[O-])[C@H]9OS(=O)(=O)[O-])[C@H](OS(=O)(=O)[O-])[C@H]8OS(=O)(=O)[O-])[C@H](OS(=O)(=O)[O-])[C@H]7OS(=O)(=O)[O-])[C@H](OS(=O)(=O)[O-])[C@H]6OS(=O)(=O)[O-])nn5)CC[C@]4(C)[C@H]3CC[C@]12C. The minimum atomic E-state index is -7.14. The summed E-state index contributed by atoms with van der Waals surface area (Å²) in [5.74, 6) is 3.23. The van der Waals surface area contributed by atoms with E-state index < -0.39 is 297 Å². The van der Waals surface area contributed by atoms with Crippen LogP contribution in [-0.4, -0.2) is 333 Å². The molecule has 1 aromatic heterocycles. The van der Waals surface area contributed by atoms with Crippen molar-refractivity contribution in [2.75, 3.05) is 26.4 Å². The molecule has 0 amide bonds. The summed E-state index contributed by atoms with van der Waals surface area (Å²) < 4.78 is 585. The molecule has 0 bridgehead atoms. The molecule has 0 N–H and O–H groups in total. The van der Waals surface area contributed by atoms with Crippen molar-refractivity contribution in [3.05, 3.63) is 11.9 Å². The molecule has 130 heavy (non-hydrogen) atoms. The first kappa shape index (κ1) is 111. The van der Waals surface area contributed by atoms with E-state index in [9.17, 15) is 169 Å². The van der Waals surface area contributed by atoms with Gasteiger partial charge in [-0.15, -0.1) is 5.10 Å². The van der Waals surface area contributed by atoms with Crippen molar-refractivity contribution in [3.8, 4) is 0 Å². The van der Waals surface area contributed by atoms with E-state index >= 15 is 0 Å². The lowest BCUT2D eigenvalue weighted by Crippen LogP contribution is -2.69. The van der Waals surface area contributed by atoms with E-state index in [1.165, 1.54) is 0 Å². The number of nitrogens with zero attached hydrogens (tertiary/aromatic N) is 3.